The molecule has 0 saturated carbocycles. The Hall–Kier alpha value is -2.61. The third-order valence-electron chi connectivity index (χ3n) is 5.87. The summed E-state index contributed by atoms with van der Waals surface area (Å²) in [6.07, 6.45) is 3.28. The van der Waals surface area contributed by atoms with Crippen molar-refractivity contribution in [2.24, 2.45) is 0 Å². The molecule has 0 aromatic rings. The summed E-state index contributed by atoms with van der Waals surface area (Å²) < 4.78 is 0. The summed E-state index contributed by atoms with van der Waals surface area (Å²) in [5.41, 5.74) is 0. The molecule has 0 aromatic carbocycles. The molecule has 0 bridgehead atoms. The summed E-state index contributed by atoms with van der Waals surface area (Å²) >= 11 is 0. The van der Waals surface area contributed by atoms with E-state index in [9.17, 15) is 24.0 Å². The monoisotopic (exact) mass is 529 g/mol. The van der Waals surface area contributed by atoms with Crippen molar-refractivity contribution in [1.29, 1.82) is 0 Å². The van der Waals surface area contributed by atoms with Gasteiger partial charge in [0.15, 0.2) is 0 Å². The minimum atomic E-state index is -0.892. The molecule has 1 atom stereocenters. The number of nitrogens with one attached hydrogen (secondary N) is 4. The Morgan fingerprint density at radius 3 is 2.14 bits per heavy atom. The van der Waals surface area contributed by atoms with E-state index in [2.05, 4.69) is 21.3 Å². The lowest BCUT2D eigenvalue weighted by atomic mass is 10.1. The van der Waals surface area contributed by atoms with Crippen LogP contribution >= 0.6 is 0 Å². The number of likely N-dealkylation sites (N-methyl/N-ethyl adjacent to an activating group) is 3. The van der Waals surface area contributed by atoms with Crippen LogP contribution in [0.5, 0.6) is 0 Å². The molecule has 0 radical (unpaired) electrons. The van der Waals surface area contributed by atoms with Gasteiger partial charge in [-0.3, -0.25) is 33.9 Å². The molecule has 13 heteroatoms. The third kappa shape index (κ3) is 18.3. The van der Waals surface area contributed by atoms with Gasteiger partial charge in [0, 0.05) is 52.9 Å². The average Bonchev–Trinajstić information content (AvgIpc) is 2.87. The molecule has 0 fully saturated rings. The van der Waals surface area contributed by atoms with Crippen LogP contribution in [0.15, 0.2) is 0 Å². The molecule has 3 amide bonds. The van der Waals surface area contributed by atoms with E-state index in [-0.39, 0.29) is 31.4 Å². The van der Waals surface area contributed by atoms with Gasteiger partial charge in [-0.25, -0.2) is 0 Å². The highest BCUT2D eigenvalue weighted by Crippen LogP contribution is 2.02. The number of carboxylic acid groups (broad SMARTS) is 1. The molecule has 0 aliphatic carbocycles. The van der Waals surface area contributed by atoms with Crippen molar-refractivity contribution < 1.29 is 29.1 Å². The summed E-state index contributed by atoms with van der Waals surface area (Å²) in [5, 5.41) is 20.3. The molecule has 0 heterocycles. The molecule has 0 aromatic heterocycles. The van der Waals surface area contributed by atoms with Gasteiger partial charge >= 0.3 is 5.97 Å². The first-order valence-corrected chi connectivity index (χ1v) is 13.0. The fourth-order valence-corrected chi connectivity index (χ4v) is 3.71. The van der Waals surface area contributed by atoms with E-state index in [1.165, 1.54) is 7.05 Å². The van der Waals surface area contributed by atoms with Crippen LogP contribution in [0.25, 0.3) is 0 Å². The maximum absolute atomic E-state index is 12.8. The van der Waals surface area contributed by atoms with Crippen LogP contribution in [0.2, 0.25) is 0 Å². The van der Waals surface area contributed by atoms with Gasteiger partial charge in [0.1, 0.15) is 12.3 Å². The Kier molecular flexibility index (Phi) is 21.0. The largest absolute Gasteiger partial charge is 0.480 e. The number of aliphatic carboxylic acids is 1. The van der Waals surface area contributed by atoms with Gasteiger partial charge in [-0.2, -0.15) is 0 Å². The molecule has 0 saturated heterocycles. The van der Waals surface area contributed by atoms with Crippen molar-refractivity contribution in [2.75, 3.05) is 85.6 Å². The van der Waals surface area contributed by atoms with Gasteiger partial charge in [-0.1, -0.05) is 13.8 Å². The number of hydrogen-bond donors (Lipinski definition) is 5. The van der Waals surface area contributed by atoms with E-state index in [0.717, 1.165) is 12.8 Å². The van der Waals surface area contributed by atoms with E-state index in [1.807, 2.05) is 23.6 Å². The second-order valence-corrected chi connectivity index (χ2v) is 8.66. The Morgan fingerprint density at radius 2 is 1.57 bits per heavy atom. The molecular weight excluding hydrogens is 482 g/mol. The number of rotatable bonds is 25. The van der Waals surface area contributed by atoms with Crippen molar-refractivity contribution in [3.63, 3.8) is 0 Å². The average molecular weight is 530 g/mol. The van der Waals surface area contributed by atoms with Crippen molar-refractivity contribution in [3.05, 3.63) is 0 Å². The van der Waals surface area contributed by atoms with Crippen LogP contribution in [0.4, 0.5) is 0 Å². The zero-order chi connectivity index (χ0) is 27.9. The molecule has 13 nitrogen and oxygen atoms in total. The second-order valence-electron chi connectivity index (χ2n) is 8.66. The summed E-state index contributed by atoms with van der Waals surface area (Å²) in [5.74, 6) is -1.43. The van der Waals surface area contributed by atoms with Crippen LogP contribution in [-0.2, 0) is 24.0 Å². The molecular formula is C24H47N7O6. The predicted molar refractivity (Wildman–Crippen MR) is 141 cm³/mol. The summed E-state index contributed by atoms with van der Waals surface area (Å²) in [4.78, 5) is 63.4. The van der Waals surface area contributed by atoms with Gasteiger partial charge < -0.3 is 31.2 Å². The maximum atomic E-state index is 12.8. The Morgan fingerprint density at radius 1 is 0.892 bits per heavy atom. The van der Waals surface area contributed by atoms with Crippen LogP contribution in [0.3, 0.4) is 0 Å². The van der Waals surface area contributed by atoms with Crippen LogP contribution < -0.4 is 21.3 Å². The molecule has 0 spiro atoms. The number of carbonyl (C=O) groups excluding carboxylic acids is 4. The zero-order valence-electron chi connectivity index (χ0n) is 22.7. The first-order chi connectivity index (χ1) is 17.8. The first-order valence-electron chi connectivity index (χ1n) is 13.0. The topological polar surface area (TPSA) is 163 Å². The Labute approximate surface area is 220 Å². The number of aldehydes is 1. The number of amides is 3. The molecule has 1 unspecified atom stereocenters. The van der Waals surface area contributed by atoms with Crippen LogP contribution in [0, 0.1) is 0 Å². The van der Waals surface area contributed by atoms with E-state index < -0.39 is 12.0 Å². The van der Waals surface area contributed by atoms with E-state index in [4.69, 9.17) is 5.11 Å². The van der Waals surface area contributed by atoms with E-state index >= 15 is 0 Å². The summed E-state index contributed by atoms with van der Waals surface area (Å²) in [6.45, 7) is 9.46. The minimum Gasteiger partial charge on any atom is -0.480 e. The van der Waals surface area contributed by atoms with Crippen molar-refractivity contribution in [3.8, 4) is 0 Å². The fraction of sp³-hybridized carbons (Fsp3) is 0.792. The highest BCUT2D eigenvalue weighted by atomic mass is 16.4. The van der Waals surface area contributed by atoms with Gasteiger partial charge in [0.05, 0.1) is 19.6 Å². The highest BCUT2D eigenvalue weighted by Gasteiger charge is 2.21. The molecule has 0 rings (SSSR count). The molecule has 5 N–H and O–H groups in total. The van der Waals surface area contributed by atoms with Gasteiger partial charge in [0.2, 0.25) is 18.2 Å². The van der Waals surface area contributed by atoms with Crippen molar-refractivity contribution in [1.82, 2.24) is 36.0 Å². The second kappa shape index (κ2) is 22.6. The molecule has 0 aliphatic rings. The number of carboxylic acids is 1. The van der Waals surface area contributed by atoms with E-state index in [0.29, 0.717) is 78.0 Å². The van der Waals surface area contributed by atoms with E-state index in [1.54, 1.807) is 4.90 Å². The van der Waals surface area contributed by atoms with Crippen molar-refractivity contribution in [2.45, 2.75) is 39.2 Å². The van der Waals surface area contributed by atoms with Crippen LogP contribution in [0.1, 0.15) is 33.1 Å². The Bertz CT molecular complexity index is 667. The van der Waals surface area contributed by atoms with Gasteiger partial charge in [-0.15, -0.1) is 0 Å². The number of unbranched alkanes of at least 4 members (excludes halogenated alkanes) is 1. The maximum Gasteiger partial charge on any atom is 0.317 e. The third-order valence-corrected chi connectivity index (χ3v) is 5.87. The van der Waals surface area contributed by atoms with Crippen molar-refractivity contribution >= 4 is 30.5 Å². The molecule has 214 valence electrons. The predicted octanol–water partition coefficient (Wildman–Crippen LogP) is -2.05. The standard InChI is InChI=1S/C24H47N7O6/c1-4-26-10-11-31(15-14-30(16-17-32)13-12-29(5-2)19-23(35)36)18-22(34)28-21(24(37)25-3)8-6-7-9-27-20-33/h17,20-21,26H,4-16,18-19H2,1-3H3,(H,25,37)(H,27,33)(H,28,34)(H,35,36). The van der Waals surface area contributed by atoms with Gasteiger partial charge in [0.25, 0.3) is 0 Å². The number of carbonyl (C=O) groups is 5. The minimum absolute atomic E-state index is 0.0550. The quantitative estimate of drug-likeness (QED) is 0.0657. The highest BCUT2D eigenvalue weighted by molar-refractivity contribution is 5.88. The summed E-state index contributed by atoms with van der Waals surface area (Å²) in [6, 6.07) is -0.662. The van der Waals surface area contributed by atoms with Gasteiger partial charge in [-0.05, 0) is 32.4 Å². The SMILES string of the molecule is CCNCCN(CCN(CC=O)CCN(CC)CC(=O)O)CC(=O)NC(CCCCNC=O)C(=O)NC. The number of hydrogen-bond acceptors (Lipinski definition) is 9. The first kappa shape index (κ1) is 34.4. The lowest BCUT2D eigenvalue weighted by molar-refractivity contribution is -0.138. The smallest absolute Gasteiger partial charge is 0.317 e. The molecule has 0 aliphatic heterocycles. The number of nitrogens with zero attached hydrogens (tertiary/aromatic N) is 3. The zero-order valence-corrected chi connectivity index (χ0v) is 22.7. The molecule has 37 heavy (non-hydrogen) atoms. The summed E-state index contributed by atoms with van der Waals surface area (Å²) in [7, 11) is 1.52. The lowest BCUT2D eigenvalue weighted by Gasteiger charge is -2.28. The normalized spacial score (nSPS) is 11.9. The van der Waals surface area contributed by atoms with Crippen LogP contribution in [-0.4, -0.2) is 142 Å². The fourth-order valence-electron chi connectivity index (χ4n) is 3.71. The lowest BCUT2D eigenvalue weighted by Crippen LogP contribution is -2.50. The Balaban J connectivity index is 5.01.